The van der Waals surface area contributed by atoms with Crippen LogP contribution in [0.3, 0.4) is 0 Å². The van der Waals surface area contributed by atoms with Crippen molar-refractivity contribution in [3.05, 3.63) is 89.4 Å². The van der Waals surface area contributed by atoms with E-state index >= 15 is 0 Å². The highest BCUT2D eigenvalue weighted by Gasteiger charge is 2.33. The molecule has 33 heavy (non-hydrogen) atoms. The topological polar surface area (TPSA) is 70.6 Å². The number of hydrogen-bond acceptors (Lipinski definition) is 5. The molecule has 1 saturated heterocycles. The predicted molar refractivity (Wildman–Crippen MR) is 131 cm³/mol. The summed E-state index contributed by atoms with van der Waals surface area (Å²) in [6, 6.07) is 23.1. The first kappa shape index (κ1) is 21.6. The van der Waals surface area contributed by atoms with E-state index < -0.39 is 10.0 Å². The summed E-state index contributed by atoms with van der Waals surface area (Å²) in [5.74, 6) is -0.0999. The Kier molecular flexibility index (Phi) is 5.64. The highest BCUT2D eigenvalue weighted by molar-refractivity contribution is 7.92. The van der Waals surface area contributed by atoms with Gasteiger partial charge in [-0.25, -0.2) is 13.4 Å². The molecule has 2 heterocycles. The minimum atomic E-state index is -3.72. The van der Waals surface area contributed by atoms with Gasteiger partial charge in [0.2, 0.25) is 0 Å². The van der Waals surface area contributed by atoms with Gasteiger partial charge in [0, 0.05) is 19.2 Å². The van der Waals surface area contributed by atoms with Crippen molar-refractivity contribution in [3.8, 4) is 0 Å². The number of anilines is 1. The number of carbonyl (C=O) groups is 1. The zero-order valence-corrected chi connectivity index (χ0v) is 19.7. The van der Waals surface area contributed by atoms with E-state index in [1.165, 1.54) is 23.5 Å². The van der Waals surface area contributed by atoms with Crippen LogP contribution < -0.4 is 4.31 Å². The Hall–Kier alpha value is -3.23. The zero-order chi connectivity index (χ0) is 23.0. The summed E-state index contributed by atoms with van der Waals surface area (Å²) in [6.07, 6.45) is 1.79. The van der Waals surface area contributed by atoms with E-state index in [2.05, 4.69) is 0 Å². The van der Waals surface area contributed by atoms with Crippen molar-refractivity contribution in [1.29, 1.82) is 0 Å². The van der Waals surface area contributed by atoms with Gasteiger partial charge in [-0.15, -0.1) is 11.3 Å². The Labute approximate surface area is 197 Å². The van der Waals surface area contributed by atoms with E-state index in [-0.39, 0.29) is 16.8 Å². The maximum absolute atomic E-state index is 13.3. The number of benzene rings is 3. The molecule has 0 bridgehead atoms. The second-order valence-electron chi connectivity index (χ2n) is 8.01. The highest BCUT2D eigenvalue weighted by Crippen LogP contribution is 2.37. The van der Waals surface area contributed by atoms with Gasteiger partial charge >= 0.3 is 0 Å². The first-order valence-electron chi connectivity index (χ1n) is 10.8. The van der Waals surface area contributed by atoms with Gasteiger partial charge in [0.05, 0.1) is 26.8 Å². The van der Waals surface area contributed by atoms with Gasteiger partial charge in [0.15, 0.2) is 0 Å². The van der Waals surface area contributed by atoms with E-state index in [0.717, 1.165) is 28.1 Å². The molecule has 0 radical (unpaired) electrons. The molecule has 8 heteroatoms. The average Bonchev–Trinajstić information content (AvgIpc) is 3.50. The number of fused-ring (bicyclic) bond motifs is 1. The number of aromatic nitrogens is 1. The number of thiazole rings is 1. The smallest absolute Gasteiger partial charge is 0.264 e. The molecule has 1 unspecified atom stereocenters. The zero-order valence-electron chi connectivity index (χ0n) is 18.1. The van der Waals surface area contributed by atoms with Gasteiger partial charge in [-0.2, -0.15) is 0 Å². The number of para-hydroxylation sites is 2. The fourth-order valence-corrected chi connectivity index (χ4v) is 6.48. The maximum atomic E-state index is 13.3. The lowest BCUT2D eigenvalue weighted by molar-refractivity contribution is 0.0735. The number of likely N-dealkylation sites (tertiary alicyclic amines) is 1. The van der Waals surface area contributed by atoms with Crippen molar-refractivity contribution in [2.75, 3.05) is 17.9 Å². The molecule has 1 atom stereocenters. The summed E-state index contributed by atoms with van der Waals surface area (Å²) in [6.45, 7) is 0.663. The lowest BCUT2D eigenvalue weighted by atomic mass is 10.1. The molecule has 1 aliphatic rings. The fraction of sp³-hybridized carbons (Fsp3) is 0.200. The molecule has 1 aliphatic heterocycles. The van der Waals surface area contributed by atoms with Crippen molar-refractivity contribution in [1.82, 2.24) is 9.88 Å². The summed E-state index contributed by atoms with van der Waals surface area (Å²) in [5, 5.41) is 0.950. The summed E-state index contributed by atoms with van der Waals surface area (Å²) in [7, 11) is -2.20. The van der Waals surface area contributed by atoms with E-state index in [4.69, 9.17) is 4.98 Å². The van der Waals surface area contributed by atoms with Crippen molar-refractivity contribution < 1.29 is 13.2 Å². The van der Waals surface area contributed by atoms with E-state index in [9.17, 15) is 13.2 Å². The van der Waals surface area contributed by atoms with Crippen LogP contribution in [0.1, 0.15) is 34.2 Å². The number of amides is 1. The number of carbonyl (C=O) groups excluding carboxylic acids is 1. The summed E-state index contributed by atoms with van der Waals surface area (Å²) < 4.78 is 28.4. The third kappa shape index (κ3) is 4.00. The molecular weight excluding hydrogens is 454 g/mol. The standard InChI is InChI=1S/C25H23N3O3S2/c1-27(19-8-3-2-4-9-19)33(30,31)20-15-13-18(14-16-20)25(29)28-17-7-11-22(28)24-26-21-10-5-6-12-23(21)32-24/h2-6,8-10,12-16,22H,7,11,17H2,1H3. The normalized spacial score (nSPS) is 16.3. The first-order valence-corrected chi connectivity index (χ1v) is 13.0. The predicted octanol–water partition coefficient (Wildman–Crippen LogP) is 5.10. The second-order valence-corrected chi connectivity index (χ2v) is 11.0. The van der Waals surface area contributed by atoms with Gasteiger partial charge in [0.1, 0.15) is 5.01 Å². The van der Waals surface area contributed by atoms with Crippen LogP contribution in [-0.4, -0.2) is 37.8 Å². The molecule has 0 spiro atoms. The van der Waals surface area contributed by atoms with Crippen LogP contribution >= 0.6 is 11.3 Å². The third-order valence-corrected chi connectivity index (χ3v) is 8.93. The van der Waals surface area contributed by atoms with E-state index in [1.807, 2.05) is 35.2 Å². The van der Waals surface area contributed by atoms with Crippen LogP contribution in [0.15, 0.2) is 83.8 Å². The number of nitrogens with zero attached hydrogens (tertiary/aromatic N) is 3. The number of hydrogen-bond donors (Lipinski definition) is 0. The van der Waals surface area contributed by atoms with E-state index in [1.54, 1.807) is 47.7 Å². The SMILES string of the molecule is CN(c1ccccc1)S(=O)(=O)c1ccc(C(=O)N2CCCC2c2nc3ccccc3s2)cc1. The monoisotopic (exact) mass is 477 g/mol. The van der Waals surface area contributed by atoms with Crippen molar-refractivity contribution in [2.45, 2.75) is 23.8 Å². The van der Waals surface area contributed by atoms with Gasteiger partial charge in [-0.1, -0.05) is 30.3 Å². The number of rotatable bonds is 5. The highest BCUT2D eigenvalue weighted by atomic mass is 32.2. The first-order chi connectivity index (χ1) is 15.9. The Morgan fingerprint density at radius 1 is 1.00 bits per heavy atom. The molecule has 4 aromatic rings. The van der Waals surface area contributed by atoms with Crippen LogP contribution in [-0.2, 0) is 10.0 Å². The van der Waals surface area contributed by atoms with Crippen LogP contribution in [0, 0.1) is 0 Å². The molecule has 0 saturated carbocycles. The summed E-state index contributed by atoms with van der Waals surface area (Å²) >= 11 is 1.63. The van der Waals surface area contributed by atoms with Crippen molar-refractivity contribution in [2.24, 2.45) is 0 Å². The molecule has 1 fully saturated rings. The molecule has 1 aromatic heterocycles. The molecule has 0 aliphatic carbocycles. The Morgan fingerprint density at radius 2 is 1.70 bits per heavy atom. The molecule has 0 N–H and O–H groups in total. The fourth-order valence-electron chi connectivity index (χ4n) is 4.17. The van der Waals surface area contributed by atoms with Gasteiger partial charge in [-0.3, -0.25) is 9.10 Å². The molecule has 5 rings (SSSR count). The quantitative estimate of drug-likeness (QED) is 0.401. The number of sulfonamides is 1. The molecule has 168 valence electrons. The third-order valence-electron chi connectivity index (χ3n) is 5.99. The average molecular weight is 478 g/mol. The molecule has 3 aromatic carbocycles. The van der Waals surface area contributed by atoms with Crippen molar-refractivity contribution in [3.63, 3.8) is 0 Å². The lowest BCUT2D eigenvalue weighted by Crippen LogP contribution is -2.30. The molecule has 1 amide bonds. The Balaban J connectivity index is 1.38. The summed E-state index contributed by atoms with van der Waals surface area (Å²) in [5.41, 5.74) is 2.01. The largest absolute Gasteiger partial charge is 0.329 e. The maximum Gasteiger partial charge on any atom is 0.264 e. The lowest BCUT2D eigenvalue weighted by Gasteiger charge is -2.23. The minimum Gasteiger partial charge on any atom is -0.329 e. The molecular formula is C25H23N3O3S2. The van der Waals surface area contributed by atoms with Gasteiger partial charge in [-0.05, 0) is 61.4 Å². The van der Waals surface area contributed by atoms with Crippen LogP contribution in [0.2, 0.25) is 0 Å². The van der Waals surface area contributed by atoms with Crippen molar-refractivity contribution >= 4 is 43.2 Å². The Morgan fingerprint density at radius 3 is 2.42 bits per heavy atom. The van der Waals surface area contributed by atoms with E-state index in [0.29, 0.717) is 17.8 Å². The second kappa shape index (κ2) is 8.61. The minimum absolute atomic E-state index is 0.0532. The van der Waals surface area contributed by atoms with Crippen LogP contribution in [0.5, 0.6) is 0 Å². The Bertz CT molecular complexity index is 1370. The van der Waals surface area contributed by atoms with Crippen LogP contribution in [0.4, 0.5) is 5.69 Å². The van der Waals surface area contributed by atoms with Gasteiger partial charge in [0.25, 0.3) is 15.9 Å². The van der Waals surface area contributed by atoms with Gasteiger partial charge < -0.3 is 4.90 Å². The molecule has 6 nitrogen and oxygen atoms in total. The summed E-state index contributed by atoms with van der Waals surface area (Å²) in [4.78, 5) is 20.1. The van der Waals surface area contributed by atoms with Crippen LogP contribution in [0.25, 0.3) is 10.2 Å².